The summed E-state index contributed by atoms with van der Waals surface area (Å²) in [6, 6.07) is 6.76. The van der Waals surface area contributed by atoms with E-state index in [9.17, 15) is 8.42 Å². The molecule has 0 spiro atoms. The third-order valence-corrected chi connectivity index (χ3v) is 3.07. The Kier molecular flexibility index (Phi) is 4.00. The van der Waals surface area contributed by atoms with Crippen molar-refractivity contribution in [2.75, 3.05) is 6.26 Å². The Balaban J connectivity index is 2.84. The Bertz CT molecular complexity index is 411. The standard InChI is InChI=1S/C9H11NO2S.Co/c1-10-7-8-3-5-9(6-4-8)13(2,11)12;/h1,3-6,10H,7H2,2H3;. The number of nitrogens with one attached hydrogen (secondary N) is 1. The number of sulfone groups is 1. The van der Waals surface area contributed by atoms with Crippen LogP contribution in [0.1, 0.15) is 5.56 Å². The van der Waals surface area contributed by atoms with E-state index in [1.165, 1.54) is 11.3 Å². The van der Waals surface area contributed by atoms with Crippen LogP contribution in [0.4, 0.5) is 0 Å². The third kappa shape index (κ3) is 3.34. The van der Waals surface area contributed by atoms with Gasteiger partial charge in [0.15, 0.2) is 0 Å². The first kappa shape index (κ1) is 11.6. The molecule has 0 aliphatic rings. The topological polar surface area (TPSA) is 46.2 Å². The molecular weight excluding hydrogens is 245 g/mol. The van der Waals surface area contributed by atoms with Gasteiger partial charge in [-0.2, -0.15) is 0 Å². The molecule has 0 heterocycles. The minimum absolute atomic E-state index is 0.343. The van der Waals surface area contributed by atoms with Gasteiger partial charge >= 0.3 is 91.5 Å². The van der Waals surface area contributed by atoms with Gasteiger partial charge in [-0.1, -0.05) is 0 Å². The van der Waals surface area contributed by atoms with Crippen LogP contribution >= 0.6 is 0 Å². The van der Waals surface area contributed by atoms with Gasteiger partial charge in [-0.25, -0.2) is 0 Å². The predicted octanol–water partition coefficient (Wildman–Crippen LogP) is 0.486. The molecule has 0 aliphatic heterocycles. The van der Waals surface area contributed by atoms with Crippen molar-refractivity contribution in [3.63, 3.8) is 0 Å². The summed E-state index contributed by atoms with van der Waals surface area (Å²) in [7, 11) is -3.08. The fraction of sp³-hybridized carbons (Fsp3) is 0.222. The average molecular weight is 256 g/mol. The first-order valence-corrected chi connectivity index (χ1v) is 6.45. The number of benzene rings is 1. The molecule has 1 aromatic rings. The molecule has 14 heavy (non-hydrogen) atoms. The van der Waals surface area contributed by atoms with E-state index >= 15 is 0 Å². The molecule has 0 radical (unpaired) electrons. The van der Waals surface area contributed by atoms with Gasteiger partial charge in [0.05, 0.1) is 0 Å². The number of rotatable bonds is 4. The SMILES string of the molecule is CS(=O)(=O)c1ccc(CN[CH]=[Co])cc1. The molecular formula is C9H11CoNO2S. The van der Waals surface area contributed by atoms with Gasteiger partial charge < -0.3 is 0 Å². The second-order valence-corrected chi connectivity index (χ2v) is 5.21. The Morgan fingerprint density at radius 2 is 1.93 bits per heavy atom. The van der Waals surface area contributed by atoms with Crippen molar-refractivity contribution in [3.05, 3.63) is 29.8 Å². The molecule has 79 valence electrons. The summed E-state index contributed by atoms with van der Waals surface area (Å²) in [4.78, 5) is 0.343. The monoisotopic (exact) mass is 256 g/mol. The quantitative estimate of drug-likeness (QED) is 0.852. The predicted molar refractivity (Wildman–Crippen MR) is 52.5 cm³/mol. The van der Waals surface area contributed by atoms with Crippen LogP contribution in [0.3, 0.4) is 0 Å². The van der Waals surface area contributed by atoms with Gasteiger partial charge in [-0.05, 0) is 0 Å². The van der Waals surface area contributed by atoms with Crippen molar-refractivity contribution < 1.29 is 23.7 Å². The van der Waals surface area contributed by atoms with Crippen LogP contribution in [-0.2, 0) is 31.7 Å². The van der Waals surface area contributed by atoms with Crippen LogP contribution in [0.2, 0.25) is 0 Å². The van der Waals surface area contributed by atoms with E-state index in [0.29, 0.717) is 11.4 Å². The van der Waals surface area contributed by atoms with Crippen LogP contribution in [-0.4, -0.2) is 19.8 Å². The van der Waals surface area contributed by atoms with Crippen LogP contribution < -0.4 is 5.32 Å². The molecule has 0 aromatic heterocycles. The summed E-state index contributed by atoms with van der Waals surface area (Å²) in [5, 5.41) is 4.45. The molecule has 1 rings (SSSR count). The molecule has 1 aromatic carbocycles. The Morgan fingerprint density at radius 1 is 1.36 bits per heavy atom. The van der Waals surface area contributed by atoms with E-state index in [4.69, 9.17) is 0 Å². The van der Waals surface area contributed by atoms with E-state index < -0.39 is 9.84 Å². The molecule has 0 unspecified atom stereocenters. The van der Waals surface area contributed by atoms with Crippen LogP contribution in [0.15, 0.2) is 29.2 Å². The van der Waals surface area contributed by atoms with Gasteiger partial charge in [0.25, 0.3) is 0 Å². The summed E-state index contributed by atoms with van der Waals surface area (Å²) < 4.78 is 22.2. The zero-order chi connectivity index (χ0) is 10.6. The maximum atomic E-state index is 11.1. The normalized spacial score (nSPS) is 11.3. The molecule has 0 bridgehead atoms. The molecule has 0 atom stereocenters. The van der Waals surface area contributed by atoms with E-state index in [1.807, 2.05) is 0 Å². The van der Waals surface area contributed by atoms with Gasteiger partial charge in [0.2, 0.25) is 0 Å². The Labute approximate surface area is 91.6 Å². The number of hydrogen-bond donors (Lipinski definition) is 1. The Morgan fingerprint density at radius 3 is 2.36 bits per heavy atom. The van der Waals surface area contributed by atoms with Crippen molar-refractivity contribution in [1.82, 2.24) is 5.32 Å². The average Bonchev–Trinajstić information content (AvgIpc) is 2.14. The molecule has 0 fully saturated rings. The van der Waals surface area contributed by atoms with Gasteiger partial charge in [0, 0.05) is 0 Å². The molecule has 0 aliphatic carbocycles. The maximum absolute atomic E-state index is 11.1. The zero-order valence-electron chi connectivity index (χ0n) is 7.65. The fourth-order valence-corrected chi connectivity index (χ4v) is 1.74. The van der Waals surface area contributed by atoms with E-state index in [2.05, 4.69) is 20.6 Å². The second kappa shape index (κ2) is 4.83. The molecule has 0 saturated heterocycles. The minimum atomic E-state index is -3.08. The molecule has 3 nitrogen and oxygen atoms in total. The van der Waals surface area contributed by atoms with Crippen LogP contribution in [0, 0.1) is 0 Å². The van der Waals surface area contributed by atoms with E-state index in [-0.39, 0.29) is 0 Å². The van der Waals surface area contributed by atoms with Gasteiger partial charge in [-0.15, -0.1) is 0 Å². The van der Waals surface area contributed by atoms with Crippen molar-refractivity contribution in [2.24, 2.45) is 0 Å². The van der Waals surface area contributed by atoms with Gasteiger partial charge in [0.1, 0.15) is 0 Å². The Hall–Kier alpha value is -0.494. The zero-order valence-corrected chi connectivity index (χ0v) is 9.51. The summed E-state index contributed by atoms with van der Waals surface area (Å²) in [5.74, 6) is 0. The second-order valence-electron chi connectivity index (χ2n) is 2.89. The molecule has 5 heteroatoms. The first-order chi connectivity index (χ1) is 6.54. The summed E-state index contributed by atoms with van der Waals surface area (Å²) in [5.41, 5.74) is 1.02. The summed E-state index contributed by atoms with van der Waals surface area (Å²) in [6.07, 6.45) is 1.20. The number of hydrogen-bond acceptors (Lipinski definition) is 3. The van der Waals surface area contributed by atoms with E-state index in [1.54, 1.807) is 24.3 Å². The van der Waals surface area contributed by atoms with Crippen molar-refractivity contribution in [2.45, 2.75) is 11.4 Å². The van der Waals surface area contributed by atoms with Crippen LogP contribution in [0.5, 0.6) is 0 Å². The van der Waals surface area contributed by atoms with Crippen molar-refractivity contribution in [3.8, 4) is 0 Å². The molecule has 1 N–H and O–H groups in total. The van der Waals surface area contributed by atoms with Gasteiger partial charge in [-0.3, -0.25) is 0 Å². The first-order valence-electron chi connectivity index (χ1n) is 3.96. The molecule has 0 amide bonds. The van der Waals surface area contributed by atoms with Crippen LogP contribution in [0.25, 0.3) is 0 Å². The summed E-state index contributed by atoms with van der Waals surface area (Å²) >= 11 is 3.93. The summed E-state index contributed by atoms with van der Waals surface area (Å²) in [6.45, 7) is 0.645. The third-order valence-electron chi connectivity index (χ3n) is 1.73. The molecule has 0 saturated carbocycles. The van der Waals surface area contributed by atoms with Crippen molar-refractivity contribution >= 4 is 14.9 Å². The fourth-order valence-electron chi connectivity index (χ4n) is 1.01. The van der Waals surface area contributed by atoms with Crippen molar-refractivity contribution in [1.29, 1.82) is 0 Å². The van der Waals surface area contributed by atoms with E-state index in [0.717, 1.165) is 5.56 Å².